The van der Waals surface area contributed by atoms with Crippen molar-refractivity contribution < 1.29 is 13.2 Å². The molecule has 0 spiro atoms. The Morgan fingerprint density at radius 2 is 2.12 bits per heavy atom. The monoisotopic (exact) mass is 348 g/mol. The Kier molecular flexibility index (Phi) is 4.66. The maximum absolute atomic E-state index is 12.3. The summed E-state index contributed by atoms with van der Waals surface area (Å²) >= 11 is 0. The molecule has 1 aromatic heterocycles. The zero-order valence-corrected chi connectivity index (χ0v) is 14.3. The Morgan fingerprint density at radius 1 is 1.33 bits per heavy atom. The third kappa shape index (κ3) is 3.64. The molecule has 0 radical (unpaired) electrons. The molecule has 1 amide bonds. The van der Waals surface area contributed by atoms with Gasteiger partial charge in [0.2, 0.25) is 5.91 Å². The molecule has 1 atom stereocenters. The van der Waals surface area contributed by atoms with Crippen molar-refractivity contribution >= 4 is 32.5 Å². The molecule has 0 aliphatic carbocycles. The summed E-state index contributed by atoms with van der Waals surface area (Å²) in [5.41, 5.74) is 0.842. The number of carbonyl (C=O) groups excluding carboxylic acids is 1. The van der Waals surface area contributed by atoms with Crippen molar-refractivity contribution in [3.05, 3.63) is 30.6 Å². The van der Waals surface area contributed by atoms with Crippen LogP contribution in [0.2, 0.25) is 0 Å². The highest BCUT2D eigenvalue weighted by Gasteiger charge is 2.32. The minimum Gasteiger partial charge on any atom is -0.369 e. The molecule has 128 valence electrons. The first-order valence-electron chi connectivity index (χ1n) is 7.86. The highest BCUT2D eigenvalue weighted by molar-refractivity contribution is 7.91. The number of nitrogens with zero attached hydrogens (tertiary/aromatic N) is 3. The molecule has 1 unspecified atom stereocenters. The molecule has 1 fully saturated rings. The van der Waals surface area contributed by atoms with Crippen LogP contribution in [-0.2, 0) is 14.6 Å². The third-order valence-corrected chi connectivity index (χ3v) is 6.07. The zero-order valence-electron chi connectivity index (χ0n) is 13.5. The van der Waals surface area contributed by atoms with Gasteiger partial charge in [-0.25, -0.2) is 18.4 Å². The molecule has 0 bridgehead atoms. The van der Waals surface area contributed by atoms with E-state index in [0.29, 0.717) is 18.8 Å². The standard InChI is InChI=1S/C16H20N4O3S/c1-20(12-7-9-24(22,23)10-12)15(21)6-8-17-16-13-4-2-3-5-14(13)18-11-19-16/h2-5,11-12H,6-10H2,1H3,(H,17,18,19). The highest BCUT2D eigenvalue weighted by Crippen LogP contribution is 2.19. The number of fused-ring (bicyclic) bond motifs is 1. The van der Waals surface area contributed by atoms with Crippen molar-refractivity contribution in [2.45, 2.75) is 18.9 Å². The summed E-state index contributed by atoms with van der Waals surface area (Å²) in [6.07, 6.45) is 2.29. The van der Waals surface area contributed by atoms with Gasteiger partial charge in [-0.3, -0.25) is 4.79 Å². The normalized spacial score (nSPS) is 19.3. The number of rotatable bonds is 5. The number of aromatic nitrogens is 2. The molecule has 1 aliphatic rings. The molecule has 1 N–H and O–H groups in total. The van der Waals surface area contributed by atoms with E-state index in [4.69, 9.17) is 0 Å². The zero-order chi connectivity index (χ0) is 17.2. The Bertz CT molecular complexity index is 848. The number of nitrogens with one attached hydrogen (secondary N) is 1. The van der Waals surface area contributed by atoms with Gasteiger partial charge in [0.1, 0.15) is 12.1 Å². The molecular formula is C16H20N4O3S. The van der Waals surface area contributed by atoms with Crippen LogP contribution in [0.15, 0.2) is 30.6 Å². The average Bonchev–Trinajstić information content (AvgIpc) is 2.94. The molecule has 2 aromatic rings. The van der Waals surface area contributed by atoms with Crippen LogP contribution in [0.5, 0.6) is 0 Å². The number of para-hydroxylation sites is 1. The largest absolute Gasteiger partial charge is 0.369 e. The molecule has 0 saturated carbocycles. The Hall–Kier alpha value is -2.22. The second-order valence-corrected chi connectivity index (χ2v) is 8.21. The Labute approximate surface area is 141 Å². The van der Waals surface area contributed by atoms with E-state index in [9.17, 15) is 13.2 Å². The summed E-state index contributed by atoms with van der Waals surface area (Å²) in [7, 11) is -1.31. The minimum atomic E-state index is -2.99. The SMILES string of the molecule is CN(C(=O)CCNc1ncnc2ccccc12)C1CCS(=O)(=O)C1. The number of hydrogen-bond donors (Lipinski definition) is 1. The van der Waals surface area contributed by atoms with Crippen LogP contribution < -0.4 is 5.32 Å². The number of hydrogen-bond acceptors (Lipinski definition) is 6. The summed E-state index contributed by atoms with van der Waals surface area (Å²) in [5.74, 6) is 0.863. The quantitative estimate of drug-likeness (QED) is 0.869. The maximum atomic E-state index is 12.3. The molecule has 8 heteroatoms. The van der Waals surface area contributed by atoms with Gasteiger partial charge in [0, 0.05) is 31.4 Å². The highest BCUT2D eigenvalue weighted by atomic mass is 32.2. The van der Waals surface area contributed by atoms with Crippen LogP contribution in [0.3, 0.4) is 0 Å². The molecular weight excluding hydrogens is 328 g/mol. The van der Waals surface area contributed by atoms with Crippen LogP contribution in [0.25, 0.3) is 10.9 Å². The second kappa shape index (κ2) is 6.72. The fourth-order valence-electron chi connectivity index (χ4n) is 2.89. The first-order valence-corrected chi connectivity index (χ1v) is 9.68. The van der Waals surface area contributed by atoms with Gasteiger partial charge in [-0.15, -0.1) is 0 Å². The van der Waals surface area contributed by atoms with Gasteiger partial charge in [-0.05, 0) is 18.6 Å². The van der Waals surface area contributed by atoms with Gasteiger partial charge in [0.25, 0.3) is 0 Å². The predicted octanol–water partition coefficient (Wildman–Crippen LogP) is 1.08. The molecule has 3 rings (SSSR count). The Balaban J connectivity index is 1.57. The van der Waals surface area contributed by atoms with E-state index in [1.165, 1.54) is 6.33 Å². The lowest BCUT2D eigenvalue weighted by Crippen LogP contribution is -2.38. The lowest BCUT2D eigenvalue weighted by atomic mass is 10.2. The average molecular weight is 348 g/mol. The van der Waals surface area contributed by atoms with Crippen molar-refractivity contribution in [3.8, 4) is 0 Å². The fraction of sp³-hybridized carbons (Fsp3) is 0.438. The fourth-order valence-corrected chi connectivity index (χ4v) is 4.67. The number of carbonyl (C=O) groups is 1. The Morgan fingerprint density at radius 3 is 2.88 bits per heavy atom. The summed E-state index contributed by atoms with van der Waals surface area (Å²) < 4.78 is 23.1. The van der Waals surface area contributed by atoms with Gasteiger partial charge in [0.15, 0.2) is 9.84 Å². The summed E-state index contributed by atoms with van der Waals surface area (Å²) in [5, 5.41) is 4.07. The van der Waals surface area contributed by atoms with Gasteiger partial charge in [-0.2, -0.15) is 0 Å². The van der Waals surface area contributed by atoms with E-state index in [-0.39, 0.29) is 29.9 Å². The first kappa shape index (κ1) is 16.6. The molecule has 1 aromatic carbocycles. The lowest BCUT2D eigenvalue weighted by molar-refractivity contribution is -0.131. The summed E-state index contributed by atoms with van der Waals surface area (Å²) in [4.78, 5) is 22.2. The van der Waals surface area contributed by atoms with Crippen LogP contribution in [0, 0.1) is 0 Å². The number of anilines is 1. The lowest BCUT2D eigenvalue weighted by Gasteiger charge is -2.23. The first-order chi connectivity index (χ1) is 11.5. The number of sulfone groups is 1. The van der Waals surface area contributed by atoms with Crippen LogP contribution in [0.1, 0.15) is 12.8 Å². The molecule has 2 heterocycles. The van der Waals surface area contributed by atoms with Crippen molar-refractivity contribution in [2.24, 2.45) is 0 Å². The van der Waals surface area contributed by atoms with Gasteiger partial charge in [-0.1, -0.05) is 12.1 Å². The third-order valence-electron chi connectivity index (χ3n) is 4.32. The van der Waals surface area contributed by atoms with E-state index < -0.39 is 9.84 Å². The van der Waals surface area contributed by atoms with Gasteiger partial charge in [0.05, 0.1) is 17.0 Å². The number of benzene rings is 1. The van der Waals surface area contributed by atoms with Crippen molar-refractivity contribution in [2.75, 3.05) is 30.4 Å². The maximum Gasteiger partial charge on any atom is 0.224 e. The molecule has 24 heavy (non-hydrogen) atoms. The van der Waals surface area contributed by atoms with E-state index in [0.717, 1.165) is 10.9 Å². The smallest absolute Gasteiger partial charge is 0.224 e. The predicted molar refractivity (Wildman–Crippen MR) is 92.5 cm³/mol. The van der Waals surface area contributed by atoms with Crippen molar-refractivity contribution in [3.63, 3.8) is 0 Å². The summed E-state index contributed by atoms with van der Waals surface area (Å²) in [6, 6.07) is 7.45. The molecule has 7 nitrogen and oxygen atoms in total. The van der Waals surface area contributed by atoms with Crippen LogP contribution in [0.4, 0.5) is 5.82 Å². The molecule has 1 aliphatic heterocycles. The van der Waals surface area contributed by atoms with E-state index in [1.807, 2.05) is 24.3 Å². The van der Waals surface area contributed by atoms with Crippen LogP contribution in [-0.4, -0.2) is 60.3 Å². The minimum absolute atomic E-state index is 0.0667. The second-order valence-electron chi connectivity index (χ2n) is 5.98. The topological polar surface area (TPSA) is 92.3 Å². The van der Waals surface area contributed by atoms with E-state index in [1.54, 1.807) is 11.9 Å². The van der Waals surface area contributed by atoms with Crippen LogP contribution >= 0.6 is 0 Å². The van der Waals surface area contributed by atoms with Gasteiger partial charge >= 0.3 is 0 Å². The van der Waals surface area contributed by atoms with Crippen molar-refractivity contribution in [1.29, 1.82) is 0 Å². The summed E-state index contributed by atoms with van der Waals surface area (Å²) in [6.45, 7) is 0.434. The molecule has 1 saturated heterocycles. The van der Waals surface area contributed by atoms with E-state index >= 15 is 0 Å². The number of amides is 1. The van der Waals surface area contributed by atoms with Crippen molar-refractivity contribution in [1.82, 2.24) is 14.9 Å². The van der Waals surface area contributed by atoms with E-state index in [2.05, 4.69) is 15.3 Å². The van der Waals surface area contributed by atoms with Gasteiger partial charge < -0.3 is 10.2 Å².